The first-order valence-electron chi connectivity index (χ1n) is 14.2. The third-order valence-electron chi connectivity index (χ3n) is 7.71. The minimum atomic E-state index is -0.792. The summed E-state index contributed by atoms with van der Waals surface area (Å²) >= 11 is 1.65. The third-order valence-corrected chi connectivity index (χ3v) is 8.81. The maximum Gasteiger partial charge on any atom is 0.237 e. The number of nitrogens with one attached hydrogen (secondary N) is 2. The molecular formula is C29H38N8O3S. The molecule has 3 aromatic rings. The van der Waals surface area contributed by atoms with Crippen molar-refractivity contribution in [3.63, 3.8) is 0 Å². The Morgan fingerprint density at radius 1 is 1.10 bits per heavy atom. The third kappa shape index (κ3) is 7.30. The Labute approximate surface area is 245 Å². The summed E-state index contributed by atoms with van der Waals surface area (Å²) in [6.45, 7) is 3.95. The lowest BCUT2D eigenvalue weighted by Crippen LogP contribution is -2.48. The SMILES string of the molecule is CCOc1cncc(-c2ccc(NC(=O)C3(c4ccnc(NSC5CC5)n4)CCC(N(C)CCOC)CC3)nc2)n1. The summed E-state index contributed by atoms with van der Waals surface area (Å²) < 4.78 is 14.0. The number of likely N-dealkylation sites (N-methyl/N-ethyl adjacent to an activating group) is 1. The quantitative estimate of drug-likeness (QED) is 0.281. The van der Waals surface area contributed by atoms with Gasteiger partial charge in [0.05, 0.1) is 42.4 Å². The normalized spacial score (nSPS) is 20.5. The van der Waals surface area contributed by atoms with E-state index >= 15 is 0 Å². The molecule has 0 saturated heterocycles. The minimum absolute atomic E-state index is 0.103. The van der Waals surface area contributed by atoms with Crippen molar-refractivity contribution in [2.45, 2.75) is 62.2 Å². The van der Waals surface area contributed by atoms with Gasteiger partial charge in [0.2, 0.25) is 17.7 Å². The van der Waals surface area contributed by atoms with E-state index in [4.69, 9.17) is 14.5 Å². The van der Waals surface area contributed by atoms with E-state index in [1.807, 2.05) is 19.1 Å². The van der Waals surface area contributed by atoms with Gasteiger partial charge in [0.25, 0.3) is 0 Å². The van der Waals surface area contributed by atoms with Crippen molar-refractivity contribution in [3.8, 4) is 17.1 Å². The Kier molecular flexibility index (Phi) is 9.63. The summed E-state index contributed by atoms with van der Waals surface area (Å²) in [6.07, 6.45) is 12.2. The predicted molar refractivity (Wildman–Crippen MR) is 160 cm³/mol. The van der Waals surface area contributed by atoms with Crippen LogP contribution in [0.4, 0.5) is 11.8 Å². The Bertz CT molecular complexity index is 1300. The summed E-state index contributed by atoms with van der Waals surface area (Å²) in [4.78, 5) is 38.9. The van der Waals surface area contributed by atoms with Crippen LogP contribution in [0.3, 0.4) is 0 Å². The van der Waals surface area contributed by atoms with Crippen LogP contribution in [0.5, 0.6) is 5.88 Å². The summed E-state index contributed by atoms with van der Waals surface area (Å²) in [7, 11) is 3.84. The molecule has 3 aromatic heterocycles. The van der Waals surface area contributed by atoms with Gasteiger partial charge in [-0.15, -0.1) is 0 Å². The molecule has 5 rings (SSSR count). The van der Waals surface area contributed by atoms with Gasteiger partial charge in [0.15, 0.2) is 0 Å². The summed E-state index contributed by atoms with van der Waals surface area (Å²) in [5.41, 5.74) is 1.38. The van der Waals surface area contributed by atoms with Gasteiger partial charge in [0.1, 0.15) is 5.82 Å². The molecule has 12 heteroatoms. The summed E-state index contributed by atoms with van der Waals surface area (Å²) in [5, 5.41) is 3.70. The van der Waals surface area contributed by atoms with E-state index in [9.17, 15) is 4.79 Å². The van der Waals surface area contributed by atoms with Crippen LogP contribution in [0.25, 0.3) is 11.3 Å². The van der Waals surface area contributed by atoms with E-state index in [-0.39, 0.29) is 5.91 Å². The highest BCUT2D eigenvalue weighted by Gasteiger charge is 2.45. The lowest BCUT2D eigenvalue weighted by atomic mass is 9.69. The molecule has 2 aliphatic rings. The van der Waals surface area contributed by atoms with Gasteiger partial charge in [-0.25, -0.2) is 19.9 Å². The van der Waals surface area contributed by atoms with Gasteiger partial charge in [-0.3, -0.25) is 14.5 Å². The molecule has 0 aliphatic heterocycles. The molecule has 0 atom stereocenters. The molecule has 3 heterocycles. The number of hydrogen-bond acceptors (Lipinski definition) is 11. The van der Waals surface area contributed by atoms with Crippen molar-refractivity contribution in [3.05, 3.63) is 48.7 Å². The molecule has 1 amide bonds. The summed E-state index contributed by atoms with van der Waals surface area (Å²) in [6, 6.07) is 5.92. The number of ether oxygens (including phenoxy) is 2. The van der Waals surface area contributed by atoms with Gasteiger partial charge >= 0.3 is 0 Å². The van der Waals surface area contributed by atoms with Gasteiger partial charge in [-0.05, 0) is 82.6 Å². The van der Waals surface area contributed by atoms with Gasteiger partial charge in [-0.1, -0.05) is 0 Å². The Balaban J connectivity index is 1.34. The lowest BCUT2D eigenvalue weighted by molar-refractivity contribution is -0.123. The topological polar surface area (TPSA) is 127 Å². The molecule has 41 heavy (non-hydrogen) atoms. The lowest BCUT2D eigenvalue weighted by Gasteiger charge is -2.41. The molecule has 0 aromatic carbocycles. The van der Waals surface area contributed by atoms with Crippen LogP contribution in [0.15, 0.2) is 43.0 Å². The van der Waals surface area contributed by atoms with E-state index in [1.54, 1.807) is 49.9 Å². The Morgan fingerprint density at radius 3 is 2.63 bits per heavy atom. The fourth-order valence-electron chi connectivity index (χ4n) is 5.11. The number of aromatic nitrogens is 5. The number of carbonyl (C=O) groups is 1. The zero-order chi connectivity index (χ0) is 28.7. The highest BCUT2D eigenvalue weighted by Crippen LogP contribution is 2.41. The van der Waals surface area contributed by atoms with Crippen molar-refractivity contribution in [1.29, 1.82) is 0 Å². The molecule has 11 nitrogen and oxygen atoms in total. The zero-order valence-electron chi connectivity index (χ0n) is 23.9. The first kappa shape index (κ1) is 29.2. The Morgan fingerprint density at radius 2 is 1.93 bits per heavy atom. The predicted octanol–water partition coefficient (Wildman–Crippen LogP) is 4.35. The van der Waals surface area contributed by atoms with Crippen molar-refractivity contribution >= 4 is 29.6 Å². The molecule has 0 spiro atoms. The van der Waals surface area contributed by atoms with Crippen molar-refractivity contribution in [2.24, 2.45) is 0 Å². The van der Waals surface area contributed by atoms with Crippen LogP contribution in [-0.2, 0) is 14.9 Å². The Hall–Kier alpha value is -3.35. The number of nitrogens with zero attached hydrogens (tertiary/aromatic N) is 6. The molecule has 2 aliphatic carbocycles. The van der Waals surface area contributed by atoms with Crippen LogP contribution < -0.4 is 14.8 Å². The zero-order valence-corrected chi connectivity index (χ0v) is 24.7. The minimum Gasteiger partial charge on any atom is -0.477 e. The summed E-state index contributed by atoms with van der Waals surface area (Å²) in [5.74, 6) is 1.38. The smallest absolute Gasteiger partial charge is 0.237 e. The molecule has 0 radical (unpaired) electrons. The molecule has 2 N–H and O–H groups in total. The second-order valence-corrected chi connectivity index (χ2v) is 11.6. The number of pyridine rings is 1. The molecule has 0 unspecified atom stereocenters. The molecule has 218 valence electrons. The maximum absolute atomic E-state index is 14.1. The van der Waals surface area contributed by atoms with Crippen molar-refractivity contribution in [2.75, 3.05) is 44.0 Å². The average molecular weight is 579 g/mol. The van der Waals surface area contributed by atoms with E-state index in [0.717, 1.165) is 30.6 Å². The van der Waals surface area contributed by atoms with Gasteiger partial charge in [0, 0.05) is 42.9 Å². The average Bonchev–Trinajstić information content (AvgIpc) is 3.84. The first-order valence-corrected chi connectivity index (χ1v) is 15.1. The largest absolute Gasteiger partial charge is 0.477 e. The van der Waals surface area contributed by atoms with E-state index in [0.29, 0.717) is 60.7 Å². The van der Waals surface area contributed by atoms with E-state index in [1.165, 1.54) is 12.8 Å². The number of rotatable bonds is 13. The number of carbonyl (C=O) groups excluding carboxylic acids is 1. The van der Waals surface area contributed by atoms with Crippen molar-refractivity contribution < 1.29 is 14.3 Å². The van der Waals surface area contributed by atoms with Gasteiger partial charge in [-0.2, -0.15) is 0 Å². The second kappa shape index (κ2) is 13.5. The van der Waals surface area contributed by atoms with Gasteiger partial charge < -0.3 is 19.7 Å². The standard InChI is InChI=1S/C29H38N8O3S/c1-4-40-26-19-30-18-23(33-26)20-5-8-25(32-17-20)35-27(38)29(12-9-21(10-13-29)37(2)15-16-39-3)24-11-14-31-28(34-24)36-41-22-6-7-22/h5,8,11,14,17-19,21-22H,4,6-7,9-10,12-13,15-16H2,1-3H3,(H,31,34,36)(H,32,35,38). The van der Waals surface area contributed by atoms with Crippen LogP contribution in [0.1, 0.15) is 51.1 Å². The highest BCUT2D eigenvalue weighted by atomic mass is 32.2. The molecule has 0 bridgehead atoms. The number of anilines is 2. The number of amides is 1. The molecular weight excluding hydrogens is 540 g/mol. The van der Waals surface area contributed by atoms with E-state index in [2.05, 4.69) is 41.9 Å². The van der Waals surface area contributed by atoms with Crippen LogP contribution >= 0.6 is 11.9 Å². The number of methoxy groups -OCH3 is 1. The van der Waals surface area contributed by atoms with Crippen molar-refractivity contribution in [1.82, 2.24) is 29.8 Å². The first-order chi connectivity index (χ1) is 20.0. The monoisotopic (exact) mass is 578 g/mol. The van der Waals surface area contributed by atoms with E-state index < -0.39 is 5.41 Å². The van der Waals surface area contributed by atoms with Crippen LogP contribution in [-0.4, -0.2) is 80.9 Å². The number of hydrogen-bond donors (Lipinski definition) is 2. The van der Waals surface area contributed by atoms with Crippen LogP contribution in [0.2, 0.25) is 0 Å². The highest BCUT2D eigenvalue weighted by molar-refractivity contribution is 8.01. The maximum atomic E-state index is 14.1. The fraction of sp³-hybridized carbons (Fsp3) is 0.517. The fourth-order valence-corrected chi connectivity index (χ4v) is 5.85. The molecule has 2 saturated carbocycles. The second-order valence-electron chi connectivity index (χ2n) is 10.5. The van der Waals surface area contributed by atoms with Crippen LogP contribution in [0, 0.1) is 0 Å². The molecule has 2 fully saturated rings.